The van der Waals surface area contributed by atoms with Gasteiger partial charge in [-0.25, -0.2) is 0 Å². The van der Waals surface area contributed by atoms with Gasteiger partial charge in [0.1, 0.15) is 0 Å². The Labute approximate surface area is 157 Å². The van der Waals surface area contributed by atoms with Crippen LogP contribution in [-0.2, 0) is 10.2 Å². The molecule has 1 saturated heterocycles. The van der Waals surface area contributed by atoms with E-state index in [0.717, 1.165) is 63.7 Å². The van der Waals surface area contributed by atoms with Gasteiger partial charge in [0.2, 0.25) is 5.91 Å². The molecule has 0 aromatic heterocycles. The van der Waals surface area contributed by atoms with Gasteiger partial charge < -0.3 is 10.2 Å². The minimum Gasteiger partial charge on any atom is -0.341 e. The minimum absolute atomic E-state index is 0.0703. The Balaban J connectivity index is 1.46. The van der Waals surface area contributed by atoms with Crippen molar-refractivity contribution in [1.82, 2.24) is 10.2 Å². The van der Waals surface area contributed by atoms with Crippen molar-refractivity contribution in [3.63, 3.8) is 0 Å². The molecule has 1 aromatic rings. The molecule has 4 saturated carbocycles. The number of carbonyl (C=O) groups excluding carboxylic acids is 1. The summed E-state index contributed by atoms with van der Waals surface area (Å²) in [6, 6.07) is 11.1. The van der Waals surface area contributed by atoms with Crippen LogP contribution in [0.4, 0.5) is 0 Å². The van der Waals surface area contributed by atoms with Crippen LogP contribution in [0.2, 0.25) is 0 Å². The lowest BCUT2D eigenvalue weighted by Crippen LogP contribution is -2.60. The third-order valence-electron chi connectivity index (χ3n) is 7.78. The molecular formula is C23H32N2O. The maximum absolute atomic E-state index is 13.8. The highest BCUT2D eigenvalue weighted by molar-refractivity contribution is 5.83. The van der Waals surface area contributed by atoms with Crippen LogP contribution in [0.1, 0.15) is 56.9 Å². The molecule has 5 fully saturated rings. The van der Waals surface area contributed by atoms with Crippen molar-refractivity contribution in [2.45, 2.75) is 56.8 Å². The molecule has 2 unspecified atom stereocenters. The van der Waals surface area contributed by atoms with Gasteiger partial charge in [-0.15, -0.1) is 0 Å². The van der Waals surface area contributed by atoms with Gasteiger partial charge in [-0.2, -0.15) is 0 Å². The summed E-state index contributed by atoms with van der Waals surface area (Å²) in [6.45, 7) is 3.93. The van der Waals surface area contributed by atoms with Crippen LogP contribution in [0.3, 0.4) is 0 Å². The van der Waals surface area contributed by atoms with Gasteiger partial charge in [0.15, 0.2) is 0 Å². The van der Waals surface area contributed by atoms with E-state index >= 15 is 0 Å². The van der Waals surface area contributed by atoms with Gasteiger partial charge in [-0.3, -0.25) is 4.79 Å². The third kappa shape index (κ3) is 2.70. The van der Waals surface area contributed by atoms with Crippen LogP contribution in [0, 0.1) is 17.3 Å². The Morgan fingerprint density at radius 1 is 0.962 bits per heavy atom. The van der Waals surface area contributed by atoms with E-state index < -0.39 is 0 Å². The SMILES string of the molecule is O=C(N1CCCCNCC1)C12CC3CC(C1)CC(c1ccccc1)(C3)C2. The van der Waals surface area contributed by atoms with Gasteiger partial charge in [0, 0.05) is 19.6 Å². The molecule has 1 aliphatic heterocycles. The maximum Gasteiger partial charge on any atom is 0.228 e. The van der Waals surface area contributed by atoms with Gasteiger partial charge in [0.25, 0.3) is 0 Å². The van der Waals surface area contributed by atoms with Gasteiger partial charge in [-0.1, -0.05) is 30.3 Å². The largest absolute Gasteiger partial charge is 0.341 e. The van der Waals surface area contributed by atoms with Gasteiger partial charge in [-0.05, 0) is 80.7 Å². The Hall–Kier alpha value is -1.35. The first-order chi connectivity index (χ1) is 12.7. The summed E-state index contributed by atoms with van der Waals surface area (Å²) in [5.41, 5.74) is 1.70. The number of benzene rings is 1. The van der Waals surface area contributed by atoms with E-state index in [1.807, 2.05) is 0 Å². The Kier molecular flexibility index (Phi) is 4.11. The number of carbonyl (C=O) groups is 1. The lowest BCUT2D eigenvalue weighted by molar-refractivity contribution is -0.160. The first kappa shape index (κ1) is 16.8. The van der Waals surface area contributed by atoms with Crippen LogP contribution in [0.15, 0.2) is 30.3 Å². The standard InChI is InChI=1S/C23H32N2O/c26-21(25-10-5-4-8-24-9-11-25)23-15-18-12-19(16-23)14-22(13-18,17-23)20-6-2-1-3-7-20/h1-3,6-7,18-19,24H,4-5,8-17H2. The van der Waals surface area contributed by atoms with Gasteiger partial charge >= 0.3 is 0 Å². The van der Waals surface area contributed by atoms with Crippen molar-refractivity contribution in [1.29, 1.82) is 0 Å². The minimum atomic E-state index is -0.0703. The number of nitrogens with one attached hydrogen (secondary N) is 1. The molecular weight excluding hydrogens is 320 g/mol. The average molecular weight is 353 g/mol. The molecule has 0 radical (unpaired) electrons. The zero-order valence-electron chi connectivity index (χ0n) is 15.9. The molecule has 2 atom stereocenters. The monoisotopic (exact) mass is 352 g/mol. The van der Waals surface area contributed by atoms with E-state index in [0.29, 0.717) is 5.91 Å². The molecule has 1 amide bonds. The molecule has 3 nitrogen and oxygen atoms in total. The van der Waals surface area contributed by atoms with Crippen LogP contribution in [-0.4, -0.2) is 37.0 Å². The number of amides is 1. The maximum atomic E-state index is 13.8. The molecule has 6 rings (SSSR count). The molecule has 26 heavy (non-hydrogen) atoms. The highest BCUT2D eigenvalue weighted by Crippen LogP contribution is 2.66. The van der Waals surface area contributed by atoms with E-state index in [9.17, 15) is 4.79 Å². The lowest BCUT2D eigenvalue weighted by atomic mass is 9.42. The molecule has 1 N–H and O–H groups in total. The second-order valence-corrected chi connectivity index (χ2v) is 9.64. The molecule has 5 aliphatic rings. The molecule has 140 valence electrons. The molecule has 4 aliphatic carbocycles. The van der Waals surface area contributed by atoms with E-state index in [2.05, 4.69) is 40.5 Å². The van der Waals surface area contributed by atoms with Crippen molar-refractivity contribution < 1.29 is 4.79 Å². The zero-order chi connectivity index (χ0) is 17.6. The van der Waals surface area contributed by atoms with Gasteiger partial charge in [0.05, 0.1) is 5.41 Å². The average Bonchev–Trinajstić information content (AvgIpc) is 2.61. The summed E-state index contributed by atoms with van der Waals surface area (Å²) in [5, 5.41) is 3.49. The molecule has 1 aromatic carbocycles. The molecule has 3 heteroatoms. The summed E-state index contributed by atoms with van der Waals surface area (Å²) in [4.78, 5) is 16.0. The fourth-order valence-corrected chi connectivity index (χ4v) is 7.18. The first-order valence-electron chi connectivity index (χ1n) is 10.7. The van der Waals surface area contributed by atoms with Crippen LogP contribution in [0.5, 0.6) is 0 Å². The number of hydrogen-bond acceptors (Lipinski definition) is 2. The van der Waals surface area contributed by atoms with Crippen molar-refractivity contribution >= 4 is 5.91 Å². The normalized spacial score (nSPS) is 39.5. The van der Waals surface area contributed by atoms with Crippen molar-refractivity contribution in [3.05, 3.63) is 35.9 Å². The van der Waals surface area contributed by atoms with Crippen molar-refractivity contribution in [2.24, 2.45) is 17.3 Å². The van der Waals surface area contributed by atoms with E-state index in [-0.39, 0.29) is 10.8 Å². The van der Waals surface area contributed by atoms with E-state index in [1.54, 1.807) is 0 Å². The summed E-state index contributed by atoms with van der Waals surface area (Å²) < 4.78 is 0. The lowest BCUT2D eigenvalue weighted by Gasteiger charge is -2.62. The number of hydrogen-bond donors (Lipinski definition) is 1. The van der Waals surface area contributed by atoms with Crippen LogP contribution < -0.4 is 5.32 Å². The predicted octanol–water partition coefficient (Wildman–Crippen LogP) is 3.74. The molecule has 4 bridgehead atoms. The Bertz CT molecular complexity index is 648. The van der Waals surface area contributed by atoms with Crippen molar-refractivity contribution in [2.75, 3.05) is 26.2 Å². The zero-order valence-corrected chi connectivity index (χ0v) is 15.9. The summed E-state index contributed by atoms with van der Waals surface area (Å²) in [6.07, 6.45) is 9.72. The second-order valence-electron chi connectivity index (χ2n) is 9.64. The van der Waals surface area contributed by atoms with Crippen molar-refractivity contribution in [3.8, 4) is 0 Å². The quantitative estimate of drug-likeness (QED) is 0.879. The second kappa shape index (κ2) is 6.37. The Morgan fingerprint density at radius 2 is 1.73 bits per heavy atom. The summed E-state index contributed by atoms with van der Waals surface area (Å²) in [7, 11) is 0. The van der Waals surface area contributed by atoms with E-state index in [1.165, 1.54) is 31.2 Å². The molecule has 1 heterocycles. The third-order valence-corrected chi connectivity index (χ3v) is 7.78. The number of rotatable bonds is 2. The topological polar surface area (TPSA) is 32.3 Å². The smallest absolute Gasteiger partial charge is 0.228 e. The highest BCUT2D eigenvalue weighted by atomic mass is 16.2. The summed E-state index contributed by atoms with van der Waals surface area (Å²) >= 11 is 0. The van der Waals surface area contributed by atoms with E-state index in [4.69, 9.17) is 0 Å². The number of nitrogens with zero attached hydrogens (tertiary/aromatic N) is 1. The Morgan fingerprint density at radius 3 is 2.50 bits per heavy atom. The highest BCUT2D eigenvalue weighted by Gasteiger charge is 2.61. The van der Waals surface area contributed by atoms with Crippen LogP contribution in [0.25, 0.3) is 0 Å². The fraction of sp³-hybridized carbons (Fsp3) is 0.696. The molecule has 0 spiro atoms. The predicted molar refractivity (Wildman–Crippen MR) is 104 cm³/mol. The fourth-order valence-electron chi connectivity index (χ4n) is 7.18. The summed E-state index contributed by atoms with van der Waals surface area (Å²) in [5.74, 6) is 2.01. The first-order valence-corrected chi connectivity index (χ1v) is 10.7. The van der Waals surface area contributed by atoms with Crippen LogP contribution >= 0.6 is 0 Å².